The van der Waals surface area contributed by atoms with Gasteiger partial charge in [-0.2, -0.15) is 0 Å². The molecule has 0 saturated carbocycles. The Bertz CT molecular complexity index is 239. The van der Waals surface area contributed by atoms with E-state index in [4.69, 9.17) is 9.84 Å². The van der Waals surface area contributed by atoms with Crippen LogP contribution in [-0.4, -0.2) is 17.2 Å². The predicted octanol–water partition coefficient (Wildman–Crippen LogP) is 1.40. The molecule has 54 valence electrons. The first kappa shape index (κ1) is 7.59. The van der Waals surface area contributed by atoms with Gasteiger partial charge in [-0.05, 0) is 22.6 Å². The average molecular weight is 251 g/mol. The summed E-state index contributed by atoms with van der Waals surface area (Å²) in [5, 5.41) is 9.04. The molecule has 1 N–H and O–H groups in total. The Morgan fingerprint density at radius 1 is 1.70 bits per heavy atom. The van der Waals surface area contributed by atoms with Crippen molar-refractivity contribution in [2.75, 3.05) is 7.11 Å². The van der Waals surface area contributed by atoms with Gasteiger partial charge in [0, 0.05) is 6.07 Å². The zero-order valence-corrected chi connectivity index (χ0v) is 7.49. The molecule has 1 rings (SSSR count). The van der Waals surface area contributed by atoms with Crippen LogP contribution in [-0.2, 0) is 0 Å². The molecule has 0 saturated heterocycles. The van der Waals surface area contributed by atoms with Crippen molar-refractivity contribution in [1.29, 1.82) is 0 Å². The zero-order valence-electron chi connectivity index (χ0n) is 5.34. The second-order valence-electron chi connectivity index (χ2n) is 1.68. The Morgan fingerprint density at radius 3 is 2.90 bits per heavy atom. The molecular formula is C6H6INO2. The second kappa shape index (κ2) is 3.05. The van der Waals surface area contributed by atoms with Gasteiger partial charge in [0.1, 0.15) is 3.70 Å². The largest absolute Gasteiger partial charge is 0.503 e. The second-order valence-corrected chi connectivity index (χ2v) is 2.78. The number of aromatic nitrogens is 1. The van der Waals surface area contributed by atoms with Crippen LogP contribution in [0.5, 0.6) is 11.5 Å². The maximum atomic E-state index is 9.04. The Kier molecular flexibility index (Phi) is 2.31. The zero-order chi connectivity index (χ0) is 7.56. The standard InChI is InChI=1S/C6H6INO2/c1-10-5-2-6(7)8-3-4(5)9/h2-3,9H,1H3. The molecule has 0 radical (unpaired) electrons. The summed E-state index contributed by atoms with van der Waals surface area (Å²) in [7, 11) is 1.51. The molecule has 0 atom stereocenters. The van der Waals surface area contributed by atoms with Crippen molar-refractivity contribution in [2.45, 2.75) is 0 Å². The quantitative estimate of drug-likeness (QED) is 0.606. The number of ether oxygens (including phenoxy) is 1. The van der Waals surface area contributed by atoms with Gasteiger partial charge in [0.25, 0.3) is 0 Å². The van der Waals surface area contributed by atoms with Gasteiger partial charge in [-0.15, -0.1) is 0 Å². The van der Waals surface area contributed by atoms with E-state index in [1.807, 2.05) is 22.6 Å². The first-order chi connectivity index (χ1) is 4.74. The van der Waals surface area contributed by atoms with E-state index in [2.05, 4.69) is 4.98 Å². The molecule has 3 nitrogen and oxygen atoms in total. The molecule has 1 aromatic rings. The van der Waals surface area contributed by atoms with Crippen LogP contribution in [0.2, 0.25) is 0 Å². The number of nitrogens with zero attached hydrogens (tertiary/aromatic N) is 1. The van der Waals surface area contributed by atoms with Crippen molar-refractivity contribution in [1.82, 2.24) is 4.98 Å². The molecule has 0 aliphatic heterocycles. The molecule has 1 aromatic heterocycles. The molecule has 0 bridgehead atoms. The van der Waals surface area contributed by atoms with Crippen molar-refractivity contribution in [3.05, 3.63) is 16.0 Å². The summed E-state index contributed by atoms with van der Waals surface area (Å²) in [6.07, 6.45) is 1.36. The third-order valence-corrected chi connectivity index (χ3v) is 1.62. The maximum Gasteiger partial charge on any atom is 0.176 e. The Hall–Kier alpha value is -0.520. The summed E-state index contributed by atoms with van der Waals surface area (Å²) in [5.41, 5.74) is 0. The highest BCUT2D eigenvalue weighted by molar-refractivity contribution is 14.1. The topological polar surface area (TPSA) is 42.4 Å². The molecule has 0 unspecified atom stereocenters. The summed E-state index contributed by atoms with van der Waals surface area (Å²) in [6, 6.07) is 1.66. The Labute approximate surface area is 72.2 Å². The SMILES string of the molecule is COc1cc(I)ncc1O. The highest BCUT2D eigenvalue weighted by Gasteiger charge is 2.00. The van der Waals surface area contributed by atoms with E-state index in [1.54, 1.807) is 6.07 Å². The van der Waals surface area contributed by atoms with Gasteiger partial charge >= 0.3 is 0 Å². The van der Waals surface area contributed by atoms with Crippen molar-refractivity contribution < 1.29 is 9.84 Å². The Morgan fingerprint density at radius 2 is 2.40 bits per heavy atom. The number of aromatic hydroxyl groups is 1. The van der Waals surface area contributed by atoms with Gasteiger partial charge in [-0.25, -0.2) is 4.98 Å². The summed E-state index contributed by atoms with van der Waals surface area (Å²) >= 11 is 2.04. The monoisotopic (exact) mass is 251 g/mol. The number of rotatable bonds is 1. The van der Waals surface area contributed by atoms with Crippen molar-refractivity contribution >= 4 is 22.6 Å². The molecule has 4 heteroatoms. The molecule has 0 fully saturated rings. The van der Waals surface area contributed by atoms with Gasteiger partial charge in [0.2, 0.25) is 0 Å². The smallest absolute Gasteiger partial charge is 0.176 e. The predicted molar refractivity (Wildman–Crippen MR) is 45.2 cm³/mol. The van der Waals surface area contributed by atoms with Crippen LogP contribution >= 0.6 is 22.6 Å². The number of hydrogen-bond acceptors (Lipinski definition) is 3. The number of hydrogen-bond donors (Lipinski definition) is 1. The number of pyridine rings is 1. The number of halogens is 1. The highest BCUT2D eigenvalue weighted by atomic mass is 127. The van der Waals surface area contributed by atoms with Crippen molar-refractivity contribution in [2.24, 2.45) is 0 Å². The van der Waals surface area contributed by atoms with E-state index in [0.717, 1.165) is 3.70 Å². The minimum atomic E-state index is 0.0721. The van der Waals surface area contributed by atoms with Gasteiger partial charge in [-0.3, -0.25) is 0 Å². The first-order valence-electron chi connectivity index (χ1n) is 2.62. The molecule has 0 amide bonds. The van der Waals surface area contributed by atoms with Crippen LogP contribution in [0, 0.1) is 3.70 Å². The third-order valence-electron chi connectivity index (χ3n) is 1.03. The van der Waals surface area contributed by atoms with Crippen LogP contribution < -0.4 is 4.74 Å². The van der Waals surface area contributed by atoms with E-state index in [9.17, 15) is 0 Å². The fourth-order valence-electron chi connectivity index (χ4n) is 0.569. The summed E-state index contributed by atoms with van der Waals surface area (Å²) < 4.78 is 5.63. The minimum absolute atomic E-state index is 0.0721. The van der Waals surface area contributed by atoms with Gasteiger partial charge in [-0.1, -0.05) is 0 Å². The molecular weight excluding hydrogens is 245 g/mol. The fourth-order valence-corrected chi connectivity index (χ4v) is 0.991. The van der Waals surface area contributed by atoms with Gasteiger partial charge < -0.3 is 9.84 Å². The van der Waals surface area contributed by atoms with E-state index in [-0.39, 0.29) is 5.75 Å². The first-order valence-corrected chi connectivity index (χ1v) is 3.70. The number of methoxy groups -OCH3 is 1. The lowest BCUT2D eigenvalue weighted by Crippen LogP contribution is -1.86. The normalized spacial score (nSPS) is 9.40. The third kappa shape index (κ3) is 1.50. The van der Waals surface area contributed by atoms with E-state index < -0.39 is 0 Å². The van der Waals surface area contributed by atoms with Crippen LogP contribution in [0.3, 0.4) is 0 Å². The summed E-state index contributed by atoms with van der Waals surface area (Å²) in [4.78, 5) is 3.84. The molecule has 0 aromatic carbocycles. The minimum Gasteiger partial charge on any atom is -0.503 e. The molecule has 0 aliphatic carbocycles. The lowest BCUT2D eigenvalue weighted by Gasteiger charge is -2.00. The molecule has 0 spiro atoms. The van der Waals surface area contributed by atoms with Gasteiger partial charge in [0.05, 0.1) is 13.3 Å². The van der Waals surface area contributed by atoms with E-state index >= 15 is 0 Å². The van der Waals surface area contributed by atoms with Gasteiger partial charge in [0.15, 0.2) is 11.5 Å². The maximum absolute atomic E-state index is 9.04. The van der Waals surface area contributed by atoms with Crippen molar-refractivity contribution in [3.63, 3.8) is 0 Å². The van der Waals surface area contributed by atoms with E-state index in [1.165, 1.54) is 13.3 Å². The fraction of sp³-hybridized carbons (Fsp3) is 0.167. The van der Waals surface area contributed by atoms with Crippen LogP contribution in [0.25, 0.3) is 0 Å². The van der Waals surface area contributed by atoms with Crippen LogP contribution in [0.15, 0.2) is 12.3 Å². The summed E-state index contributed by atoms with van der Waals surface area (Å²) in [6.45, 7) is 0. The lowest BCUT2D eigenvalue weighted by atomic mass is 10.4. The lowest BCUT2D eigenvalue weighted by molar-refractivity contribution is 0.371. The van der Waals surface area contributed by atoms with Crippen molar-refractivity contribution in [3.8, 4) is 11.5 Å². The Balaban J connectivity index is 3.09. The summed E-state index contributed by atoms with van der Waals surface area (Å²) in [5.74, 6) is 0.530. The average Bonchev–Trinajstić information content (AvgIpc) is 1.94. The molecule has 10 heavy (non-hydrogen) atoms. The van der Waals surface area contributed by atoms with E-state index in [0.29, 0.717) is 5.75 Å². The molecule has 1 heterocycles. The molecule has 0 aliphatic rings. The highest BCUT2D eigenvalue weighted by Crippen LogP contribution is 2.24. The van der Waals surface area contributed by atoms with Crippen LogP contribution in [0.1, 0.15) is 0 Å². The van der Waals surface area contributed by atoms with Crippen LogP contribution in [0.4, 0.5) is 0 Å².